The third kappa shape index (κ3) is 1.30. The number of halogens is 1. The Balaban J connectivity index is 2.49. The second kappa shape index (κ2) is 2.91. The lowest BCUT2D eigenvalue weighted by Crippen LogP contribution is -2.10. The molecule has 1 aliphatic heterocycles. The first-order chi connectivity index (χ1) is 5.38. The molecule has 2 heterocycles. The van der Waals surface area contributed by atoms with Gasteiger partial charge < -0.3 is 4.74 Å². The van der Waals surface area contributed by atoms with Crippen LogP contribution in [-0.2, 0) is 17.8 Å². The second-order valence-electron chi connectivity index (χ2n) is 2.56. The Kier molecular flexibility index (Phi) is 1.92. The molecule has 0 bridgehead atoms. The lowest BCUT2D eigenvalue weighted by atomic mass is 10.1. The van der Waals surface area contributed by atoms with Crippen molar-refractivity contribution in [2.75, 3.05) is 6.61 Å². The van der Waals surface area contributed by atoms with E-state index in [0.717, 1.165) is 17.5 Å². The fraction of sp³-hybridized carbons (Fsp3) is 0.375. The molecule has 3 heteroatoms. The average molecular weight is 214 g/mol. The highest BCUT2D eigenvalue weighted by molar-refractivity contribution is 9.10. The van der Waals surface area contributed by atoms with Crippen LogP contribution in [-0.4, -0.2) is 11.6 Å². The van der Waals surface area contributed by atoms with E-state index in [1.54, 1.807) is 0 Å². The first-order valence-corrected chi connectivity index (χ1v) is 4.36. The Labute approximate surface area is 73.7 Å². The van der Waals surface area contributed by atoms with Crippen LogP contribution in [0.3, 0.4) is 0 Å². The summed E-state index contributed by atoms with van der Waals surface area (Å²) >= 11 is 3.46. The number of pyridine rings is 1. The monoisotopic (exact) mass is 213 g/mol. The van der Waals surface area contributed by atoms with Gasteiger partial charge in [-0.25, -0.2) is 0 Å². The number of nitrogens with zero attached hydrogens (tertiary/aromatic N) is 1. The van der Waals surface area contributed by atoms with E-state index >= 15 is 0 Å². The summed E-state index contributed by atoms with van der Waals surface area (Å²) in [7, 11) is 0. The van der Waals surface area contributed by atoms with Gasteiger partial charge in [0.1, 0.15) is 0 Å². The van der Waals surface area contributed by atoms with Crippen LogP contribution in [0, 0.1) is 0 Å². The maximum atomic E-state index is 5.29. The fourth-order valence-corrected chi connectivity index (χ4v) is 1.83. The van der Waals surface area contributed by atoms with Crippen LogP contribution < -0.4 is 0 Å². The molecule has 0 saturated heterocycles. The van der Waals surface area contributed by atoms with E-state index in [1.165, 1.54) is 11.1 Å². The minimum Gasteiger partial charge on any atom is -0.376 e. The molecule has 2 nitrogen and oxygen atoms in total. The van der Waals surface area contributed by atoms with E-state index in [4.69, 9.17) is 4.74 Å². The first-order valence-electron chi connectivity index (χ1n) is 3.57. The molecule has 0 radical (unpaired) electrons. The van der Waals surface area contributed by atoms with Gasteiger partial charge in [-0.15, -0.1) is 0 Å². The van der Waals surface area contributed by atoms with Gasteiger partial charge >= 0.3 is 0 Å². The molecule has 0 fully saturated rings. The number of ether oxygens (including phenoxy) is 1. The Morgan fingerprint density at radius 2 is 2.36 bits per heavy atom. The highest BCUT2D eigenvalue weighted by Gasteiger charge is 2.11. The lowest BCUT2D eigenvalue weighted by Gasteiger charge is -2.16. The molecule has 1 aromatic rings. The Bertz CT molecular complexity index is 275. The van der Waals surface area contributed by atoms with E-state index in [2.05, 4.69) is 20.9 Å². The van der Waals surface area contributed by atoms with Crippen LogP contribution in [0.15, 0.2) is 16.9 Å². The minimum absolute atomic E-state index is 0.710. The van der Waals surface area contributed by atoms with Crippen molar-refractivity contribution in [1.82, 2.24) is 4.98 Å². The van der Waals surface area contributed by atoms with Gasteiger partial charge in [0.2, 0.25) is 0 Å². The predicted octanol–water partition coefficient (Wildman–Crippen LogP) is 1.92. The number of fused-ring (bicyclic) bond motifs is 1. The van der Waals surface area contributed by atoms with E-state index in [-0.39, 0.29) is 0 Å². The maximum absolute atomic E-state index is 5.29. The fourth-order valence-electron chi connectivity index (χ4n) is 1.26. The molecule has 0 aromatic carbocycles. The molecule has 58 valence electrons. The third-order valence-corrected chi connectivity index (χ3v) is 2.53. The molecule has 0 saturated carbocycles. The molecular formula is C8H8BrNO. The van der Waals surface area contributed by atoms with Gasteiger partial charge in [-0.2, -0.15) is 0 Å². The summed E-state index contributed by atoms with van der Waals surface area (Å²) in [5.74, 6) is 0. The summed E-state index contributed by atoms with van der Waals surface area (Å²) in [6.07, 6.45) is 4.71. The topological polar surface area (TPSA) is 22.1 Å². The molecule has 0 unspecified atom stereocenters. The maximum Gasteiger partial charge on any atom is 0.0735 e. The third-order valence-electron chi connectivity index (χ3n) is 1.85. The molecule has 1 aliphatic rings. The highest BCUT2D eigenvalue weighted by Crippen LogP contribution is 2.23. The Hall–Kier alpha value is -0.410. The normalized spacial score (nSPS) is 16.1. The number of hydrogen-bond donors (Lipinski definition) is 0. The summed E-state index contributed by atoms with van der Waals surface area (Å²) in [5, 5.41) is 0. The average Bonchev–Trinajstić information content (AvgIpc) is 2.06. The summed E-state index contributed by atoms with van der Waals surface area (Å²) in [4.78, 5) is 4.07. The van der Waals surface area contributed by atoms with Crippen LogP contribution in [0.1, 0.15) is 11.1 Å². The smallest absolute Gasteiger partial charge is 0.0735 e. The summed E-state index contributed by atoms with van der Waals surface area (Å²) < 4.78 is 6.40. The van der Waals surface area contributed by atoms with Gasteiger partial charge in [-0.1, -0.05) is 0 Å². The van der Waals surface area contributed by atoms with Crippen molar-refractivity contribution in [2.24, 2.45) is 0 Å². The van der Waals surface area contributed by atoms with E-state index in [0.29, 0.717) is 6.61 Å². The van der Waals surface area contributed by atoms with Crippen LogP contribution in [0.4, 0.5) is 0 Å². The van der Waals surface area contributed by atoms with Gasteiger partial charge in [0, 0.05) is 22.4 Å². The molecule has 0 atom stereocenters. The van der Waals surface area contributed by atoms with E-state index < -0.39 is 0 Å². The standard InChI is InChI=1S/C8H8BrNO/c9-8-4-10-3-6-5-11-2-1-7(6)8/h3-4H,1-2,5H2. The zero-order valence-corrected chi connectivity index (χ0v) is 7.60. The summed E-state index contributed by atoms with van der Waals surface area (Å²) in [6, 6.07) is 0. The molecule has 11 heavy (non-hydrogen) atoms. The molecule has 0 spiro atoms. The van der Waals surface area contributed by atoms with Gasteiger partial charge in [0.05, 0.1) is 13.2 Å². The number of rotatable bonds is 0. The van der Waals surface area contributed by atoms with E-state index in [1.807, 2.05) is 12.4 Å². The van der Waals surface area contributed by atoms with Crippen molar-refractivity contribution in [3.8, 4) is 0 Å². The van der Waals surface area contributed by atoms with Gasteiger partial charge in [0.15, 0.2) is 0 Å². The van der Waals surface area contributed by atoms with Crippen molar-refractivity contribution in [1.29, 1.82) is 0 Å². The molecule has 1 aromatic heterocycles. The minimum atomic E-state index is 0.710. The van der Waals surface area contributed by atoms with E-state index in [9.17, 15) is 0 Å². The largest absolute Gasteiger partial charge is 0.376 e. The molecule has 2 rings (SSSR count). The summed E-state index contributed by atoms with van der Waals surface area (Å²) in [6.45, 7) is 1.54. The summed E-state index contributed by atoms with van der Waals surface area (Å²) in [5.41, 5.74) is 2.57. The van der Waals surface area contributed by atoms with Crippen LogP contribution in [0.2, 0.25) is 0 Å². The van der Waals surface area contributed by atoms with Crippen LogP contribution in [0.25, 0.3) is 0 Å². The molecule has 0 amide bonds. The van der Waals surface area contributed by atoms with Crippen molar-refractivity contribution in [3.05, 3.63) is 28.0 Å². The van der Waals surface area contributed by atoms with Crippen molar-refractivity contribution < 1.29 is 4.74 Å². The zero-order chi connectivity index (χ0) is 7.68. The lowest BCUT2D eigenvalue weighted by molar-refractivity contribution is 0.110. The van der Waals surface area contributed by atoms with Crippen LogP contribution >= 0.6 is 15.9 Å². The Morgan fingerprint density at radius 3 is 3.18 bits per heavy atom. The van der Waals surface area contributed by atoms with Gasteiger partial charge in [-0.05, 0) is 27.9 Å². The number of hydrogen-bond acceptors (Lipinski definition) is 2. The van der Waals surface area contributed by atoms with Gasteiger partial charge in [-0.3, -0.25) is 4.98 Å². The van der Waals surface area contributed by atoms with Crippen molar-refractivity contribution in [2.45, 2.75) is 13.0 Å². The Morgan fingerprint density at radius 1 is 1.45 bits per heavy atom. The van der Waals surface area contributed by atoms with Gasteiger partial charge in [0.25, 0.3) is 0 Å². The van der Waals surface area contributed by atoms with Crippen LogP contribution in [0.5, 0.6) is 0 Å². The predicted molar refractivity (Wildman–Crippen MR) is 45.3 cm³/mol. The molecule has 0 aliphatic carbocycles. The highest BCUT2D eigenvalue weighted by atomic mass is 79.9. The van der Waals surface area contributed by atoms with Crippen molar-refractivity contribution in [3.63, 3.8) is 0 Å². The molecular weight excluding hydrogens is 206 g/mol. The first kappa shape index (κ1) is 7.25. The number of aromatic nitrogens is 1. The second-order valence-corrected chi connectivity index (χ2v) is 3.42. The zero-order valence-electron chi connectivity index (χ0n) is 6.01. The molecule has 0 N–H and O–H groups in total. The van der Waals surface area contributed by atoms with Crippen molar-refractivity contribution >= 4 is 15.9 Å². The SMILES string of the molecule is Brc1cncc2c1CCOC2. The quantitative estimate of drug-likeness (QED) is 0.658.